The van der Waals surface area contributed by atoms with Gasteiger partial charge in [0.2, 0.25) is 0 Å². The van der Waals surface area contributed by atoms with Crippen LogP contribution in [0, 0.1) is 13.0 Å². The Bertz CT molecular complexity index is 261. The van der Waals surface area contributed by atoms with Gasteiger partial charge in [0.25, 0.3) is 0 Å². The zero-order chi connectivity index (χ0) is 8.39. The van der Waals surface area contributed by atoms with Crippen LogP contribution in [0.1, 0.15) is 18.4 Å². The summed E-state index contributed by atoms with van der Waals surface area (Å²) in [5.74, 6) is 0. The van der Waals surface area contributed by atoms with E-state index in [1.807, 2.05) is 6.07 Å². The third-order valence-electron chi connectivity index (χ3n) is 2.46. The van der Waals surface area contributed by atoms with E-state index < -0.39 is 0 Å². The number of anilines is 1. The summed E-state index contributed by atoms with van der Waals surface area (Å²) < 4.78 is 0. The minimum absolute atomic E-state index is 1.21. The molecule has 1 radical (unpaired) electrons. The lowest BCUT2D eigenvalue weighted by molar-refractivity contribution is 0.949. The van der Waals surface area contributed by atoms with E-state index in [0.717, 1.165) is 0 Å². The molecule has 12 heavy (non-hydrogen) atoms. The van der Waals surface area contributed by atoms with Gasteiger partial charge in [-0.3, -0.25) is 0 Å². The monoisotopic (exact) mass is 160 g/mol. The first-order chi connectivity index (χ1) is 5.88. The first-order valence-electron chi connectivity index (χ1n) is 4.60. The van der Waals surface area contributed by atoms with E-state index in [0.29, 0.717) is 0 Å². The quantitative estimate of drug-likeness (QED) is 0.609. The molecule has 1 aromatic carbocycles. The molecule has 1 saturated heterocycles. The van der Waals surface area contributed by atoms with E-state index in [9.17, 15) is 0 Å². The van der Waals surface area contributed by atoms with Gasteiger partial charge in [0.1, 0.15) is 0 Å². The Morgan fingerprint density at radius 2 is 2.08 bits per heavy atom. The lowest BCUT2D eigenvalue weighted by Gasteiger charge is -2.19. The largest absolute Gasteiger partial charge is 0.371 e. The van der Waals surface area contributed by atoms with E-state index in [-0.39, 0.29) is 0 Å². The van der Waals surface area contributed by atoms with Crippen molar-refractivity contribution in [2.75, 3.05) is 18.0 Å². The molecule has 2 rings (SSSR count). The summed E-state index contributed by atoms with van der Waals surface area (Å²) in [5, 5.41) is 0. The van der Waals surface area contributed by atoms with Gasteiger partial charge in [-0.15, -0.1) is 0 Å². The molecule has 0 saturated carbocycles. The Hall–Kier alpha value is -0.980. The van der Waals surface area contributed by atoms with E-state index >= 15 is 0 Å². The average molecular weight is 160 g/mol. The van der Waals surface area contributed by atoms with Gasteiger partial charge in [0.15, 0.2) is 0 Å². The minimum Gasteiger partial charge on any atom is -0.371 e. The SMILES string of the molecule is Cc1ccc[c]c1N1CCCC1. The maximum Gasteiger partial charge on any atom is 0.0476 e. The first kappa shape index (κ1) is 7.66. The van der Waals surface area contributed by atoms with Crippen molar-refractivity contribution in [2.45, 2.75) is 19.8 Å². The van der Waals surface area contributed by atoms with Crippen molar-refractivity contribution in [1.82, 2.24) is 0 Å². The van der Waals surface area contributed by atoms with E-state index in [2.05, 4.69) is 30.0 Å². The Kier molecular flexibility index (Phi) is 2.03. The maximum atomic E-state index is 3.30. The fourth-order valence-electron chi connectivity index (χ4n) is 1.79. The molecule has 1 heteroatoms. The number of rotatable bonds is 1. The smallest absolute Gasteiger partial charge is 0.0476 e. The molecule has 1 nitrogen and oxygen atoms in total. The molecule has 63 valence electrons. The van der Waals surface area contributed by atoms with Crippen LogP contribution in [0.5, 0.6) is 0 Å². The summed E-state index contributed by atoms with van der Waals surface area (Å²) >= 11 is 0. The Balaban J connectivity index is 2.26. The highest BCUT2D eigenvalue weighted by Crippen LogP contribution is 2.22. The number of benzene rings is 1. The average Bonchev–Trinajstić information content (AvgIpc) is 2.57. The topological polar surface area (TPSA) is 3.24 Å². The van der Waals surface area contributed by atoms with Crippen LogP contribution in [-0.2, 0) is 0 Å². The molecule has 1 aliphatic rings. The normalized spacial score (nSPS) is 16.9. The predicted octanol–water partition coefficient (Wildman–Crippen LogP) is 2.40. The van der Waals surface area contributed by atoms with E-state index in [4.69, 9.17) is 0 Å². The number of hydrogen-bond acceptors (Lipinski definition) is 1. The third kappa shape index (κ3) is 1.31. The summed E-state index contributed by atoms with van der Waals surface area (Å²) in [6, 6.07) is 9.51. The lowest BCUT2D eigenvalue weighted by Crippen LogP contribution is -2.18. The molecule has 0 aromatic heterocycles. The molecule has 0 amide bonds. The summed E-state index contributed by atoms with van der Waals surface area (Å²) in [6.07, 6.45) is 2.67. The molecule has 0 unspecified atom stereocenters. The standard InChI is InChI=1S/C11H14N/c1-10-6-2-3-7-11(10)12-8-4-5-9-12/h2-3,6H,4-5,8-9H2,1H3. The second-order valence-corrected chi connectivity index (χ2v) is 3.40. The van der Waals surface area contributed by atoms with Gasteiger partial charge < -0.3 is 4.90 Å². The lowest BCUT2D eigenvalue weighted by atomic mass is 10.2. The van der Waals surface area contributed by atoms with Crippen molar-refractivity contribution in [3.63, 3.8) is 0 Å². The van der Waals surface area contributed by atoms with Crippen molar-refractivity contribution < 1.29 is 0 Å². The van der Waals surface area contributed by atoms with Gasteiger partial charge >= 0.3 is 0 Å². The molecular formula is C11H14N. The Morgan fingerprint density at radius 3 is 2.75 bits per heavy atom. The molecule has 1 fully saturated rings. The molecule has 0 bridgehead atoms. The van der Waals surface area contributed by atoms with E-state index in [1.54, 1.807) is 0 Å². The van der Waals surface area contributed by atoms with Gasteiger partial charge in [0, 0.05) is 24.8 Å². The second kappa shape index (κ2) is 3.18. The fourth-order valence-corrected chi connectivity index (χ4v) is 1.79. The van der Waals surface area contributed by atoms with Crippen LogP contribution >= 0.6 is 0 Å². The zero-order valence-electron chi connectivity index (χ0n) is 7.51. The summed E-state index contributed by atoms with van der Waals surface area (Å²) in [5.41, 5.74) is 2.65. The highest BCUT2D eigenvalue weighted by molar-refractivity contribution is 5.52. The van der Waals surface area contributed by atoms with Gasteiger partial charge in [-0.2, -0.15) is 0 Å². The van der Waals surface area contributed by atoms with Crippen LogP contribution in [0.15, 0.2) is 18.2 Å². The number of nitrogens with zero attached hydrogens (tertiary/aromatic N) is 1. The maximum absolute atomic E-state index is 3.30. The number of aryl methyl sites for hydroxylation is 1. The number of para-hydroxylation sites is 1. The summed E-state index contributed by atoms with van der Waals surface area (Å²) in [6.45, 7) is 4.58. The summed E-state index contributed by atoms with van der Waals surface area (Å²) in [7, 11) is 0. The fraction of sp³-hybridized carbons (Fsp3) is 0.455. The minimum atomic E-state index is 1.21. The third-order valence-corrected chi connectivity index (χ3v) is 2.46. The van der Waals surface area contributed by atoms with Crippen LogP contribution in [-0.4, -0.2) is 13.1 Å². The van der Waals surface area contributed by atoms with Crippen molar-refractivity contribution in [1.29, 1.82) is 0 Å². The predicted molar refractivity (Wildman–Crippen MR) is 51.5 cm³/mol. The van der Waals surface area contributed by atoms with Crippen LogP contribution in [0.2, 0.25) is 0 Å². The molecule has 0 atom stereocenters. The highest BCUT2D eigenvalue weighted by atomic mass is 15.1. The van der Waals surface area contributed by atoms with E-state index in [1.165, 1.54) is 37.2 Å². The number of hydrogen-bond donors (Lipinski definition) is 0. The van der Waals surface area contributed by atoms with Crippen LogP contribution in [0.4, 0.5) is 5.69 Å². The Labute approximate surface area is 74.0 Å². The first-order valence-corrected chi connectivity index (χ1v) is 4.60. The molecule has 0 spiro atoms. The molecule has 1 heterocycles. The summed E-state index contributed by atoms with van der Waals surface area (Å²) in [4.78, 5) is 2.43. The second-order valence-electron chi connectivity index (χ2n) is 3.40. The van der Waals surface area contributed by atoms with Crippen molar-refractivity contribution in [2.24, 2.45) is 0 Å². The molecule has 0 N–H and O–H groups in total. The molecular weight excluding hydrogens is 146 g/mol. The highest BCUT2D eigenvalue weighted by Gasteiger charge is 2.13. The van der Waals surface area contributed by atoms with Gasteiger partial charge in [-0.1, -0.05) is 18.2 Å². The molecule has 1 aromatic rings. The molecule has 0 aliphatic carbocycles. The Morgan fingerprint density at radius 1 is 1.33 bits per heavy atom. The van der Waals surface area contributed by atoms with Crippen molar-refractivity contribution >= 4 is 5.69 Å². The van der Waals surface area contributed by atoms with Crippen LogP contribution in [0.3, 0.4) is 0 Å². The van der Waals surface area contributed by atoms with Crippen LogP contribution in [0.25, 0.3) is 0 Å². The zero-order valence-corrected chi connectivity index (χ0v) is 7.51. The molecule has 1 aliphatic heterocycles. The van der Waals surface area contributed by atoms with Crippen molar-refractivity contribution in [3.8, 4) is 0 Å². The van der Waals surface area contributed by atoms with Crippen LogP contribution < -0.4 is 4.90 Å². The van der Waals surface area contributed by atoms with Gasteiger partial charge in [-0.05, 0) is 25.3 Å². The van der Waals surface area contributed by atoms with Gasteiger partial charge in [0.05, 0.1) is 0 Å². The van der Waals surface area contributed by atoms with Gasteiger partial charge in [-0.25, -0.2) is 0 Å². The van der Waals surface area contributed by atoms with Crippen molar-refractivity contribution in [3.05, 3.63) is 29.8 Å².